The summed E-state index contributed by atoms with van der Waals surface area (Å²) in [6, 6.07) is 5.14. The van der Waals surface area contributed by atoms with Crippen molar-refractivity contribution in [2.75, 3.05) is 12.4 Å². The van der Waals surface area contributed by atoms with Crippen LogP contribution >= 0.6 is 23.4 Å². The second kappa shape index (κ2) is 11.0. The maximum Gasteiger partial charge on any atom is 0.262 e. The first-order valence-corrected chi connectivity index (χ1v) is 11.3. The Kier molecular flexibility index (Phi) is 8.99. The summed E-state index contributed by atoms with van der Waals surface area (Å²) in [7, 11) is 0. The van der Waals surface area contributed by atoms with E-state index in [1.54, 1.807) is 22.8 Å². The number of aromatic nitrogens is 2. The minimum atomic E-state index is -0.130. The van der Waals surface area contributed by atoms with Crippen LogP contribution in [0.2, 0.25) is 5.02 Å². The van der Waals surface area contributed by atoms with E-state index < -0.39 is 0 Å². The van der Waals surface area contributed by atoms with E-state index >= 15 is 0 Å². The number of thioether (sulfide) groups is 1. The summed E-state index contributed by atoms with van der Waals surface area (Å²) < 4.78 is 7.22. The highest BCUT2D eigenvalue weighted by atomic mass is 35.5. The van der Waals surface area contributed by atoms with E-state index in [1.807, 2.05) is 20.8 Å². The number of halogens is 1. The van der Waals surface area contributed by atoms with Crippen LogP contribution in [0, 0.1) is 5.92 Å². The zero-order valence-electron chi connectivity index (χ0n) is 17.7. The third kappa shape index (κ3) is 7.01. The molecule has 0 aliphatic carbocycles. The van der Waals surface area contributed by atoms with Gasteiger partial charge < -0.3 is 10.1 Å². The number of carbonyl (C=O) groups excluding carboxylic acids is 1. The fourth-order valence-corrected chi connectivity index (χ4v) is 3.62. The van der Waals surface area contributed by atoms with Crippen LogP contribution in [0.3, 0.4) is 0 Å². The van der Waals surface area contributed by atoms with E-state index in [-0.39, 0.29) is 29.4 Å². The molecule has 1 atom stereocenters. The SMILES string of the molecule is CC(C)OCCCn1c(SCC(=O)NC(C)C(C)C)nc2cc(Cl)ccc2c1=O. The number of benzene rings is 1. The Labute approximate surface area is 181 Å². The third-order valence-corrected chi connectivity index (χ3v) is 5.79. The summed E-state index contributed by atoms with van der Waals surface area (Å²) in [6.45, 7) is 11.1. The lowest BCUT2D eigenvalue weighted by Crippen LogP contribution is -2.37. The Bertz CT molecular complexity index is 899. The summed E-state index contributed by atoms with van der Waals surface area (Å²) in [5.41, 5.74) is 0.408. The van der Waals surface area contributed by atoms with E-state index in [0.29, 0.717) is 46.6 Å². The quantitative estimate of drug-likeness (QED) is 0.342. The first kappa shape index (κ1) is 23.7. The van der Waals surface area contributed by atoms with Crippen LogP contribution in [0.25, 0.3) is 10.9 Å². The first-order valence-electron chi connectivity index (χ1n) is 9.93. The molecule has 29 heavy (non-hydrogen) atoms. The minimum Gasteiger partial charge on any atom is -0.379 e. The van der Waals surface area contributed by atoms with Gasteiger partial charge in [0, 0.05) is 24.2 Å². The van der Waals surface area contributed by atoms with Gasteiger partial charge in [0.25, 0.3) is 5.56 Å². The number of fused-ring (bicyclic) bond motifs is 1. The summed E-state index contributed by atoms with van der Waals surface area (Å²) >= 11 is 7.34. The average molecular weight is 440 g/mol. The van der Waals surface area contributed by atoms with Crippen molar-refractivity contribution in [1.29, 1.82) is 0 Å². The molecule has 0 aliphatic heterocycles. The highest BCUT2D eigenvalue weighted by Gasteiger charge is 2.15. The molecule has 1 amide bonds. The summed E-state index contributed by atoms with van der Waals surface area (Å²) in [6.07, 6.45) is 0.826. The molecule has 1 aromatic carbocycles. The number of nitrogens with one attached hydrogen (secondary N) is 1. The Hall–Kier alpha value is -1.57. The molecule has 0 radical (unpaired) electrons. The van der Waals surface area contributed by atoms with Gasteiger partial charge in [-0.15, -0.1) is 0 Å². The monoisotopic (exact) mass is 439 g/mol. The van der Waals surface area contributed by atoms with Crippen LogP contribution in [-0.2, 0) is 16.1 Å². The van der Waals surface area contributed by atoms with Gasteiger partial charge in [0.2, 0.25) is 5.91 Å². The molecule has 1 heterocycles. The molecule has 1 unspecified atom stereocenters. The smallest absolute Gasteiger partial charge is 0.262 e. The van der Waals surface area contributed by atoms with Crippen LogP contribution < -0.4 is 10.9 Å². The maximum atomic E-state index is 13.0. The molecular weight excluding hydrogens is 410 g/mol. The van der Waals surface area contributed by atoms with Gasteiger partial charge in [-0.3, -0.25) is 14.2 Å². The van der Waals surface area contributed by atoms with E-state index in [2.05, 4.69) is 24.1 Å². The number of hydrogen-bond donors (Lipinski definition) is 1. The molecule has 0 bridgehead atoms. The third-order valence-electron chi connectivity index (χ3n) is 4.58. The van der Waals surface area contributed by atoms with Gasteiger partial charge in [-0.2, -0.15) is 0 Å². The van der Waals surface area contributed by atoms with E-state index in [1.165, 1.54) is 11.8 Å². The predicted octanol–water partition coefficient (Wildman–Crippen LogP) is 4.12. The first-order chi connectivity index (χ1) is 13.7. The zero-order chi connectivity index (χ0) is 21.6. The number of ether oxygens (including phenoxy) is 1. The molecule has 0 fully saturated rings. The van der Waals surface area contributed by atoms with Crippen molar-refractivity contribution in [3.8, 4) is 0 Å². The number of carbonyl (C=O) groups is 1. The molecule has 0 saturated heterocycles. The van der Waals surface area contributed by atoms with Gasteiger partial charge in [0.1, 0.15) is 0 Å². The highest BCUT2D eigenvalue weighted by Crippen LogP contribution is 2.21. The number of hydrogen-bond acceptors (Lipinski definition) is 5. The molecule has 2 rings (SSSR count). The van der Waals surface area contributed by atoms with Crippen LogP contribution in [0.1, 0.15) is 41.0 Å². The summed E-state index contributed by atoms with van der Waals surface area (Å²) in [5.74, 6) is 0.466. The molecule has 1 N–H and O–H groups in total. The Morgan fingerprint density at radius 2 is 2.00 bits per heavy atom. The number of nitrogens with zero attached hydrogens (tertiary/aromatic N) is 2. The van der Waals surface area contributed by atoms with Crippen molar-refractivity contribution in [2.45, 2.75) is 64.9 Å². The molecular formula is C21H30ClN3O3S. The lowest BCUT2D eigenvalue weighted by molar-refractivity contribution is -0.119. The zero-order valence-corrected chi connectivity index (χ0v) is 19.3. The summed E-state index contributed by atoms with van der Waals surface area (Å²) in [5, 5.41) is 4.53. The fourth-order valence-electron chi connectivity index (χ4n) is 2.62. The van der Waals surface area contributed by atoms with Crippen molar-refractivity contribution < 1.29 is 9.53 Å². The van der Waals surface area contributed by atoms with Crippen molar-refractivity contribution in [1.82, 2.24) is 14.9 Å². The van der Waals surface area contributed by atoms with Crippen LogP contribution in [0.15, 0.2) is 28.2 Å². The maximum absolute atomic E-state index is 13.0. The van der Waals surface area contributed by atoms with Crippen molar-refractivity contribution in [3.05, 3.63) is 33.6 Å². The van der Waals surface area contributed by atoms with Gasteiger partial charge in [0.05, 0.1) is 22.8 Å². The number of amides is 1. The lowest BCUT2D eigenvalue weighted by Gasteiger charge is -2.18. The van der Waals surface area contributed by atoms with Crippen LogP contribution in [0.4, 0.5) is 0 Å². The largest absolute Gasteiger partial charge is 0.379 e. The Morgan fingerprint density at radius 1 is 1.28 bits per heavy atom. The van der Waals surface area contributed by atoms with E-state index in [4.69, 9.17) is 16.3 Å². The normalized spacial score (nSPS) is 12.7. The van der Waals surface area contributed by atoms with Crippen LogP contribution in [0.5, 0.6) is 0 Å². The van der Waals surface area contributed by atoms with Crippen LogP contribution in [-0.4, -0.2) is 40.0 Å². The van der Waals surface area contributed by atoms with E-state index in [9.17, 15) is 9.59 Å². The second-order valence-electron chi connectivity index (χ2n) is 7.67. The van der Waals surface area contributed by atoms with Gasteiger partial charge in [0.15, 0.2) is 5.16 Å². The topological polar surface area (TPSA) is 73.2 Å². The average Bonchev–Trinajstić information content (AvgIpc) is 2.64. The lowest BCUT2D eigenvalue weighted by atomic mass is 10.1. The summed E-state index contributed by atoms with van der Waals surface area (Å²) in [4.78, 5) is 29.9. The standard InChI is InChI=1S/C21H30ClN3O3S/c1-13(2)15(5)23-19(26)12-29-21-24-18-11-16(22)7-8-17(18)20(27)25(21)9-6-10-28-14(3)4/h7-8,11,13-15H,6,9-10,12H2,1-5H3,(H,23,26). The van der Waals surface area contributed by atoms with Gasteiger partial charge in [-0.1, -0.05) is 37.2 Å². The van der Waals surface area contributed by atoms with Gasteiger partial charge in [-0.05, 0) is 51.3 Å². The molecule has 1 aromatic heterocycles. The van der Waals surface area contributed by atoms with Gasteiger partial charge in [-0.25, -0.2) is 4.98 Å². The highest BCUT2D eigenvalue weighted by molar-refractivity contribution is 7.99. The second-order valence-corrected chi connectivity index (χ2v) is 9.05. The molecule has 6 nitrogen and oxygen atoms in total. The molecule has 8 heteroatoms. The van der Waals surface area contributed by atoms with Crippen molar-refractivity contribution in [2.24, 2.45) is 5.92 Å². The molecule has 160 valence electrons. The number of rotatable bonds is 10. The predicted molar refractivity (Wildman–Crippen MR) is 120 cm³/mol. The Morgan fingerprint density at radius 3 is 2.66 bits per heavy atom. The molecule has 0 aliphatic rings. The molecule has 2 aromatic rings. The molecule has 0 spiro atoms. The minimum absolute atomic E-state index is 0.0775. The van der Waals surface area contributed by atoms with Crippen molar-refractivity contribution >= 4 is 40.2 Å². The molecule has 0 saturated carbocycles. The van der Waals surface area contributed by atoms with Gasteiger partial charge >= 0.3 is 0 Å². The van der Waals surface area contributed by atoms with E-state index in [0.717, 1.165) is 0 Å². The Balaban J connectivity index is 2.23. The fraction of sp³-hybridized carbons (Fsp3) is 0.571. The van der Waals surface area contributed by atoms with Crippen molar-refractivity contribution in [3.63, 3.8) is 0 Å².